The van der Waals surface area contributed by atoms with Gasteiger partial charge in [-0.1, -0.05) is 23.5 Å². The monoisotopic (exact) mass is 319 g/mol. The zero-order valence-corrected chi connectivity index (χ0v) is 12.3. The SMILES string of the molecule is Cc1nn2c(=O)cc(COC(=O)c3ccccc3F)nc2s1. The average Bonchev–Trinajstić information content (AvgIpc) is 2.86. The van der Waals surface area contributed by atoms with Crippen LogP contribution >= 0.6 is 11.3 Å². The van der Waals surface area contributed by atoms with Crippen LogP contribution in [0.25, 0.3) is 4.96 Å². The molecule has 3 rings (SSSR count). The van der Waals surface area contributed by atoms with Crippen LogP contribution in [0.1, 0.15) is 21.1 Å². The first-order valence-corrected chi connectivity index (χ1v) is 7.14. The maximum absolute atomic E-state index is 13.5. The molecule has 3 aromatic rings. The number of rotatable bonds is 3. The number of halogens is 1. The number of carbonyl (C=O) groups is 1. The molecule has 6 nitrogen and oxygen atoms in total. The fourth-order valence-electron chi connectivity index (χ4n) is 1.87. The van der Waals surface area contributed by atoms with Gasteiger partial charge in [0.15, 0.2) is 0 Å². The molecular formula is C14H10FN3O3S. The number of carbonyl (C=O) groups excluding carboxylic acids is 1. The van der Waals surface area contributed by atoms with E-state index >= 15 is 0 Å². The number of hydrogen-bond acceptors (Lipinski definition) is 6. The van der Waals surface area contributed by atoms with Crippen molar-refractivity contribution in [1.82, 2.24) is 14.6 Å². The third-order valence-electron chi connectivity index (χ3n) is 2.84. The van der Waals surface area contributed by atoms with Crippen molar-refractivity contribution in [3.63, 3.8) is 0 Å². The van der Waals surface area contributed by atoms with Crippen LogP contribution < -0.4 is 5.56 Å². The maximum atomic E-state index is 13.5. The Hall–Kier alpha value is -2.61. The summed E-state index contributed by atoms with van der Waals surface area (Å²) in [4.78, 5) is 28.3. The summed E-state index contributed by atoms with van der Waals surface area (Å²) < 4.78 is 19.6. The average molecular weight is 319 g/mol. The van der Waals surface area contributed by atoms with Crippen molar-refractivity contribution in [1.29, 1.82) is 0 Å². The lowest BCUT2D eigenvalue weighted by atomic mass is 10.2. The second-order valence-corrected chi connectivity index (χ2v) is 5.62. The van der Waals surface area contributed by atoms with Gasteiger partial charge in [-0.2, -0.15) is 9.61 Å². The van der Waals surface area contributed by atoms with Gasteiger partial charge < -0.3 is 4.74 Å². The van der Waals surface area contributed by atoms with Crippen LogP contribution in [0.15, 0.2) is 35.1 Å². The summed E-state index contributed by atoms with van der Waals surface area (Å²) in [6.07, 6.45) is 0. The van der Waals surface area contributed by atoms with Crippen LogP contribution in [0, 0.1) is 12.7 Å². The third-order valence-corrected chi connectivity index (χ3v) is 3.67. The molecule has 1 aromatic carbocycles. The summed E-state index contributed by atoms with van der Waals surface area (Å²) in [7, 11) is 0. The lowest BCUT2D eigenvalue weighted by Crippen LogP contribution is -2.16. The van der Waals surface area contributed by atoms with Crippen molar-refractivity contribution in [3.8, 4) is 0 Å². The van der Waals surface area contributed by atoms with Gasteiger partial charge in [-0.15, -0.1) is 0 Å². The van der Waals surface area contributed by atoms with E-state index in [1.165, 1.54) is 46.2 Å². The number of esters is 1. The molecule has 0 fully saturated rings. The van der Waals surface area contributed by atoms with Crippen LogP contribution in [0.2, 0.25) is 0 Å². The van der Waals surface area contributed by atoms with E-state index in [1.807, 2.05) is 0 Å². The molecule has 0 amide bonds. The summed E-state index contributed by atoms with van der Waals surface area (Å²) in [6.45, 7) is 1.55. The zero-order chi connectivity index (χ0) is 15.7. The van der Waals surface area contributed by atoms with Gasteiger partial charge in [-0.05, 0) is 19.1 Å². The zero-order valence-electron chi connectivity index (χ0n) is 11.4. The van der Waals surface area contributed by atoms with Gasteiger partial charge in [0.2, 0.25) is 4.96 Å². The van der Waals surface area contributed by atoms with Crippen LogP contribution in [0.5, 0.6) is 0 Å². The highest BCUT2D eigenvalue weighted by molar-refractivity contribution is 7.16. The summed E-state index contributed by atoms with van der Waals surface area (Å²) in [5, 5.41) is 4.71. The van der Waals surface area contributed by atoms with E-state index in [2.05, 4.69) is 10.1 Å². The standard InChI is InChI=1S/C14H10FN3O3S/c1-8-17-18-12(19)6-9(16-14(18)22-8)7-21-13(20)10-4-2-3-5-11(10)15/h2-6H,7H2,1H3. The molecule has 0 aliphatic rings. The normalized spacial score (nSPS) is 10.8. The van der Waals surface area contributed by atoms with E-state index in [4.69, 9.17) is 4.74 Å². The van der Waals surface area contributed by atoms with Crippen LogP contribution in [0.4, 0.5) is 4.39 Å². The van der Waals surface area contributed by atoms with Crippen molar-refractivity contribution in [2.24, 2.45) is 0 Å². The number of aryl methyl sites for hydroxylation is 1. The summed E-state index contributed by atoms with van der Waals surface area (Å²) in [6, 6.07) is 6.76. The Morgan fingerprint density at radius 3 is 2.95 bits per heavy atom. The van der Waals surface area contributed by atoms with Crippen LogP contribution in [0.3, 0.4) is 0 Å². The van der Waals surface area contributed by atoms with Crippen molar-refractivity contribution in [3.05, 3.63) is 62.8 Å². The van der Waals surface area contributed by atoms with Gasteiger partial charge in [0.05, 0.1) is 11.3 Å². The summed E-state index contributed by atoms with van der Waals surface area (Å²) in [5.41, 5.74) is -0.224. The highest BCUT2D eigenvalue weighted by Gasteiger charge is 2.13. The number of benzene rings is 1. The molecule has 0 aliphatic heterocycles. The number of fused-ring (bicyclic) bond motifs is 1. The molecule has 2 heterocycles. The fourth-order valence-corrected chi connectivity index (χ4v) is 2.64. The number of hydrogen-bond donors (Lipinski definition) is 0. The van der Waals surface area contributed by atoms with E-state index in [0.717, 1.165) is 0 Å². The van der Waals surface area contributed by atoms with E-state index in [9.17, 15) is 14.0 Å². The molecule has 0 spiro atoms. The molecule has 0 N–H and O–H groups in total. The fraction of sp³-hybridized carbons (Fsp3) is 0.143. The van der Waals surface area contributed by atoms with E-state index in [-0.39, 0.29) is 17.7 Å². The molecule has 0 atom stereocenters. The van der Waals surface area contributed by atoms with Crippen molar-refractivity contribution >= 4 is 22.3 Å². The van der Waals surface area contributed by atoms with Gasteiger partial charge >= 0.3 is 5.97 Å². The topological polar surface area (TPSA) is 73.6 Å². The molecule has 8 heteroatoms. The molecule has 0 saturated heterocycles. The molecule has 0 radical (unpaired) electrons. The maximum Gasteiger partial charge on any atom is 0.341 e. The smallest absolute Gasteiger partial charge is 0.341 e. The Bertz CT molecular complexity index is 919. The molecular weight excluding hydrogens is 309 g/mol. The van der Waals surface area contributed by atoms with E-state index in [1.54, 1.807) is 6.92 Å². The molecule has 0 aliphatic carbocycles. The largest absolute Gasteiger partial charge is 0.455 e. The lowest BCUT2D eigenvalue weighted by Gasteiger charge is -2.05. The number of nitrogens with zero attached hydrogens (tertiary/aromatic N) is 3. The second-order valence-electron chi connectivity index (χ2n) is 4.46. The Morgan fingerprint density at radius 2 is 2.18 bits per heavy atom. The first-order chi connectivity index (χ1) is 10.5. The highest BCUT2D eigenvalue weighted by atomic mass is 32.1. The van der Waals surface area contributed by atoms with Crippen molar-refractivity contribution in [2.45, 2.75) is 13.5 Å². The quantitative estimate of drug-likeness (QED) is 0.690. The Morgan fingerprint density at radius 1 is 1.41 bits per heavy atom. The van der Waals surface area contributed by atoms with E-state index in [0.29, 0.717) is 15.7 Å². The van der Waals surface area contributed by atoms with Crippen molar-refractivity contribution in [2.75, 3.05) is 0 Å². The predicted molar refractivity (Wildman–Crippen MR) is 77.4 cm³/mol. The van der Waals surface area contributed by atoms with Gasteiger partial charge in [0.1, 0.15) is 17.4 Å². The first kappa shape index (κ1) is 14.3. The molecule has 2 aromatic heterocycles. The molecule has 22 heavy (non-hydrogen) atoms. The number of ether oxygens (including phenoxy) is 1. The predicted octanol–water partition coefficient (Wildman–Crippen LogP) is 1.96. The van der Waals surface area contributed by atoms with E-state index < -0.39 is 11.8 Å². The summed E-state index contributed by atoms with van der Waals surface area (Å²) >= 11 is 1.25. The second kappa shape index (κ2) is 5.64. The molecule has 0 saturated carbocycles. The minimum Gasteiger partial charge on any atom is -0.455 e. The van der Waals surface area contributed by atoms with Gasteiger partial charge in [0.25, 0.3) is 5.56 Å². The van der Waals surface area contributed by atoms with Crippen molar-refractivity contribution < 1.29 is 13.9 Å². The third kappa shape index (κ3) is 2.73. The van der Waals surface area contributed by atoms with Crippen LogP contribution in [-0.4, -0.2) is 20.6 Å². The molecule has 112 valence electrons. The molecule has 0 bridgehead atoms. The minimum absolute atomic E-state index is 0.158. The van der Waals surface area contributed by atoms with Crippen LogP contribution in [-0.2, 0) is 11.3 Å². The van der Waals surface area contributed by atoms with Gasteiger partial charge in [0, 0.05) is 6.07 Å². The number of aromatic nitrogens is 3. The minimum atomic E-state index is -0.805. The molecule has 0 unspecified atom stereocenters. The Kier molecular flexibility index (Phi) is 3.68. The highest BCUT2D eigenvalue weighted by Crippen LogP contribution is 2.12. The lowest BCUT2D eigenvalue weighted by molar-refractivity contribution is 0.0462. The Balaban J connectivity index is 1.81. The summed E-state index contributed by atoms with van der Waals surface area (Å²) in [5.74, 6) is -1.46. The van der Waals surface area contributed by atoms with Gasteiger partial charge in [-0.25, -0.2) is 14.2 Å². The first-order valence-electron chi connectivity index (χ1n) is 6.32. The Labute approximate surface area is 127 Å². The van der Waals surface area contributed by atoms with Gasteiger partial charge in [-0.3, -0.25) is 4.79 Å².